The highest BCUT2D eigenvalue weighted by molar-refractivity contribution is 5.77. The normalized spacial score (nSPS) is 19.5. The molecule has 2 saturated heterocycles. The van der Waals surface area contributed by atoms with Crippen LogP contribution >= 0.6 is 0 Å². The zero-order valence-corrected chi connectivity index (χ0v) is 15.5. The van der Waals surface area contributed by atoms with Crippen molar-refractivity contribution >= 4 is 11.6 Å². The topological polar surface area (TPSA) is 75.3 Å². The summed E-state index contributed by atoms with van der Waals surface area (Å²) < 4.78 is 10.8. The number of nitrogens with one attached hydrogen (secondary N) is 1. The molecule has 1 aromatic carbocycles. The Labute approximate surface area is 156 Å². The summed E-state index contributed by atoms with van der Waals surface area (Å²) in [6.07, 6.45) is 1.06. The summed E-state index contributed by atoms with van der Waals surface area (Å²) in [5.74, 6) is 0.517. The summed E-state index contributed by atoms with van der Waals surface area (Å²) in [6.45, 7) is 9.68. The highest BCUT2D eigenvalue weighted by atomic mass is 16.5. The van der Waals surface area contributed by atoms with E-state index < -0.39 is 0 Å². The first-order valence-corrected chi connectivity index (χ1v) is 9.57. The molecule has 0 aliphatic carbocycles. The van der Waals surface area contributed by atoms with Gasteiger partial charge >= 0.3 is 0 Å². The van der Waals surface area contributed by atoms with Crippen LogP contribution in [0.5, 0.6) is 0 Å². The first-order valence-electron chi connectivity index (χ1n) is 9.57. The maximum Gasteiger partial charge on any atom is 0.188 e. The summed E-state index contributed by atoms with van der Waals surface area (Å²) >= 11 is 0. The van der Waals surface area contributed by atoms with E-state index in [1.165, 1.54) is 11.3 Å². The molecule has 0 unspecified atom stereocenters. The van der Waals surface area contributed by atoms with Crippen molar-refractivity contribution in [2.24, 2.45) is 10.7 Å². The van der Waals surface area contributed by atoms with Gasteiger partial charge in [0.15, 0.2) is 5.96 Å². The second kappa shape index (κ2) is 10.4. The van der Waals surface area contributed by atoms with Crippen molar-refractivity contribution in [1.29, 1.82) is 0 Å². The van der Waals surface area contributed by atoms with Gasteiger partial charge in [-0.2, -0.15) is 0 Å². The lowest BCUT2D eigenvalue weighted by Gasteiger charge is -2.30. The summed E-state index contributed by atoms with van der Waals surface area (Å²) in [6, 6.07) is 8.41. The Morgan fingerprint density at radius 2 is 1.73 bits per heavy atom. The molecule has 2 aliphatic heterocycles. The molecule has 3 rings (SSSR count). The number of benzene rings is 1. The smallest absolute Gasteiger partial charge is 0.188 e. The third-order valence-electron chi connectivity index (χ3n) is 4.82. The van der Waals surface area contributed by atoms with Gasteiger partial charge in [0.25, 0.3) is 0 Å². The Morgan fingerprint density at radius 3 is 2.50 bits per heavy atom. The van der Waals surface area contributed by atoms with E-state index in [1.807, 2.05) is 0 Å². The van der Waals surface area contributed by atoms with Crippen LogP contribution in [0.15, 0.2) is 29.3 Å². The molecule has 26 heavy (non-hydrogen) atoms. The minimum Gasteiger partial charge on any atom is -0.379 e. The second-order valence-electron chi connectivity index (χ2n) is 6.66. The minimum absolute atomic E-state index is 0.517. The lowest BCUT2D eigenvalue weighted by Crippen LogP contribution is -2.39. The highest BCUT2D eigenvalue weighted by Crippen LogP contribution is 2.22. The number of ether oxygens (including phenoxy) is 2. The Kier molecular flexibility index (Phi) is 7.54. The largest absolute Gasteiger partial charge is 0.379 e. The number of para-hydroxylation sites is 1. The Bertz CT molecular complexity index is 569. The maximum atomic E-state index is 6.04. The molecular weight excluding hydrogens is 330 g/mol. The molecule has 0 atom stereocenters. The molecule has 0 bridgehead atoms. The minimum atomic E-state index is 0.517. The van der Waals surface area contributed by atoms with Crippen LogP contribution in [0.1, 0.15) is 12.0 Å². The van der Waals surface area contributed by atoms with Crippen molar-refractivity contribution in [2.75, 3.05) is 70.6 Å². The predicted octanol–water partition coefficient (Wildman–Crippen LogP) is 0.650. The average Bonchev–Trinajstić information content (AvgIpc) is 2.71. The summed E-state index contributed by atoms with van der Waals surface area (Å²) in [7, 11) is 0. The lowest BCUT2D eigenvalue weighted by atomic mass is 10.1. The van der Waals surface area contributed by atoms with Crippen molar-refractivity contribution < 1.29 is 9.47 Å². The molecule has 0 aromatic heterocycles. The summed E-state index contributed by atoms with van der Waals surface area (Å²) in [4.78, 5) is 9.32. The van der Waals surface area contributed by atoms with E-state index in [4.69, 9.17) is 15.2 Å². The van der Waals surface area contributed by atoms with E-state index in [1.54, 1.807) is 0 Å². The fraction of sp³-hybridized carbons (Fsp3) is 0.632. The van der Waals surface area contributed by atoms with E-state index >= 15 is 0 Å². The fourth-order valence-electron chi connectivity index (χ4n) is 3.33. The fourth-order valence-corrected chi connectivity index (χ4v) is 3.33. The molecule has 0 spiro atoms. The van der Waals surface area contributed by atoms with Crippen molar-refractivity contribution in [2.45, 2.75) is 13.0 Å². The van der Waals surface area contributed by atoms with E-state index in [-0.39, 0.29) is 0 Å². The number of hydrogen-bond donors (Lipinski definition) is 2. The number of nitrogens with zero attached hydrogens (tertiary/aromatic N) is 3. The first-order chi connectivity index (χ1) is 12.8. The Balaban J connectivity index is 1.43. The van der Waals surface area contributed by atoms with Gasteiger partial charge < -0.3 is 25.4 Å². The molecule has 2 fully saturated rings. The second-order valence-corrected chi connectivity index (χ2v) is 6.66. The van der Waals surface area contributed by atoms with Crippen LogP contribution in [0, 0.1) is 0 Å². The van der Waals surface area contributed by atoms with Crippen molar-refractivity contribution in [3.05, 3.63) is 29.8 Å². The van der Waals surface area contributed by atoms with E-state index in [0.29, 0.717) is 12.5 Å². The molecule has 2 aliphatic rings. The van der Waals surface area contributed by atoms with Crippen LogP contribution in [0.3, 0.4) is 0 Å². The number of morpholine rings is 2. The SMILES string of the molecule is NC(=NCc1ccccc1N1CCOCC1)NCCCN1CCOCC1. The molecule has 7 nitrogen and oxygen atoms in total. The molecular formula is C19H31N5O2. The molecule has 0 saturated carbocycles. The lowest BCUT2D eigenvalue weighted by molar-refractivity contribution is 0.0376. The van der Waals surface area contributed by atoms with Crippen molar-refractivity contribution in [3.8, 4) is 0 Å². The van der Waals surface area contributed by atoms with Crippen LogP contribution in [-0.4, -0.2) is 76.6 Å². The quantitative estimate of drug-likeness (QED) is 0.422. The molecule has 2 heterocycles. The standard InChI is InChI=1S/C19H31N5O2/c20-19(21-6-3-7-23-8-12-25-13-9-23)22-16-17-4-1-2-5-18(17)24-10-14-26-15-11-24/h1-2,4-5H,3,6-16H2,(H3,20,21,22). The van der Waals surface area contributed by atoms with Gasteiger partial charge in [0.1, 0.15) is 0 Å². The Hall–Kier alpha value is -1.83. The van der Waals surface area contributed by atoms with Crippen LogP contribution in [-0.2, 0) is 16.0 Å². The third-order valence-corrected chi connectivity index (χ3v) is 4.82. The highest BCUT2D eigenvalue weighted by Gasteiger charge is 2.14. The van der Waals surface area contributed by atoms with E-state index in [9.17, 15) is 0 Å². The molecule has 0 radical (unpaired) electrons. The molecule has 7 heteroatoms. The van der Waals surface area contributed by atoms with Gasteiger partial charge in [-0.25, -0.2) is 4.99 Å². The predicted molar refractivity (Wildman–Crippen MR) is 105 cm³/mol. The van der Waals surface area contributed by atoms with Gasteiger partial charge in [-0.15, -0.1) is 0 Å². The molecule has 3 N–H and O–H groups in total. The summed E-state index contributed by atoms with van der Waals surface area (Å²) in [5.41, 5.74) is 8.48. The molecule has 0 amide bonds. The van der Waals surface area contributed by atoms with Crippen LogP contribution in [0.25, 0.3) is 0 Å². The monoisotopic (exact) mass is 361 g/mol. The van der Waals surface area contributed by atoms with E-state index in [2.05, 4.69) is 44.4 Å². The summed E-state index contributed by atoms with van der Waals surface area (Å²) in [5, 5.41) is 3.23. The van der Waals surface area contributed by atoms with Crippen LogP contribution < -0.4 is 16.0 Å². The number of nitrogens with two attached hydrogens (primary N) is 1. The zero-order chi connectivity index (χ0) is 18.0. The number of rotatable bonds is 7. The van der Waals surface area contributed by atoms with Gasteiger partial charge in [-0.1, -0.05) is 18.2 Å². The van der Waals surface area contributed by atoms with Crippen LogP contribution in [0.2, 0.25) is 0 Å². The number of hydrogen-bond acceptors (Lipinski definition) is 5. The first kappa shape index (κ1) is 18.9. The zero-order valence-electron chi connectivity index (χ0n) is 15.5. The van der Waals surface area contributed by atoms with Gasteiger partial charge in [-0.05, 0) is 24.6 Å². The van der Waals surface area contributed by atoms with Crippen LogP contribution in [0.4, 0.5) is 5.69 Å². The van der Waals surface area contributed by atoms with Gasteiger partial charge in [0.2, 0.25) is 0 Å². The van der Waals surface area contributed by atoms with Gasteiger partial charge in [-0.3, -0.25) is 4.90 Å². The molecule has 144 valence electrons. The van der Waals surface area contributed by atoms with Gasteiger partial charge in [0.05, 0.1) is 33.0 Å². The number of aliphatic imine (C=N–C) groups is 1. The maximum absolute atomic E-state index is 6.04. The number of guanidine groups is 1. The number of anilines is 1. The van der Waals surface area contributed by atoms with E-state index in [0.717, 1.165) is 72.1 Å². The molecule has 1 aromatic rings. The van der Waals surface area contributed by atoms with Crippen molar-refractivity contribution in [1.82, 2.24) is 10.2 Å². The average molecular weight is 361 g/mol. The van der Waals surface area contributed by atoms with Crippen molar-refractivity contribution in [3.63, 3.8) is 0 Å². The Morgan fingerprint density at radius 1 is 1.04 bits per heavy atom. The van der Waals surface area contributed by atoms with Gasteiger partial charge in [0, 0.05) is 38.4 Å². The third kappa shape index (κ3) is 5.86.